The van der Waals surface area contributed by atoms with Crippen LogP contribution in [0.2, 0.25) is 0 Å². The van der Waals surface area contributed by atoms with Crippen LogP contribution in [0.3, 0.4) is 0 Å². The second-order valence-corrected chi connectivity index (χ2v) is 3.20. The Labute approximate surface area is 80.5 Å². The summed E-state index contributed by atoms with van der Waals surface area (Å²) in [4.78, 5) is 3.58. The number of aromatic nitrogens is 1. The van der Waals surface area contributed by atoms with Gasteiger partial charge < -0.3 is 5.11 Å². The van der Waals surface area contributed by atoms with Crippen LogP contribution in [0.25, 0.3) is 0 Å². The quantitative estimate of drug-likeness (QED) is 0.837. The van der Waals surface area contributed by atoms with Crippen LogP contribution in [0.5, 0.6) is 0 Å². The first-order valence-corrected chi connectivity index (χ1v) is 4.06. The third kappa shape index (κ3) is 2.41. The van der Waals surface area contributed by atoms with E-state index < -0.39 is 12.3 Å². The summed E-state index contributed by atoms with van der Waals surface area (Å²) in [6, 6.07) is 1.11. The van der Waals surface area contributed by atoms with E-state index in [1.807, 2.05) is 0 Å². The monoisotopic (exact) mass is 255 g/mol. The van der Waals surface area contributed by atoms with Gasteiger partial charge in [0.15, 0.2) is 6.10 Å². The topological polar surface area (TPSA) is 33.1 Å². The SMILES string of the molecule is O[C@@H](c1ccncc1Br)C(F)(F)F. The lowest BCUT2D eigenvalue weighted by molar-refractivity contribution is -0.207. The van der Waals surface area contributed by atoms with E-state index in [1.54, 1.807) is 0 Å². The zero-order chi connectivity index (χ0) is 10.1. The molecule has 1 N–H and O–H groups in total. The molecule has 0 saturated carbocycles. The number of aliphatic hydroxyl groups excluding tert-OH is 1. The average molecular weight is 256 g/mol. The first kappa shape index (κ1) is 10.5. The molecule has 0 aliphatic carbocycles. The van der Waals surface area contributed by atoms with Gasteiger partial charge in [-0.05, 0) is 22.0 Å². The number of alkyl halides is 3. The summed E-state index contributed by atoms with van der Waals surface area (Å²) in [7, 11) is 0. The van der Waals surface area contributed by atoms with Crippen LogP contribution < -0.4 is 0 Å². The molecule has 0 unspecified atom stereocenters. The van der Waals surface area contributed by atoms with Crippen molar-refractivity contribution >= 4 is 15.9 Å². The molecule has 1 rings (SSSR count). The molecule has 2 nitrogen and oxygen atoms in total. The lowest BCUT2D eigenvalue weighted by Gasteiger charge is -2.15. The Morgan fingerprint density at radius 1 is 1.46 bits per heavy atom. The van der Waals surface area contributed by atoms with Gasteiger partial charge in [0.05, 0.1) is 0 Å². The van der Waals surface area contributed by atoms with Crippen molar-refractivity contribution < 1.29 is 18.3 Å². The van der Waals surface area contributed by atoms with E-state index in [-0.39, 0.29) is 10.0 Å². The normalized spacial score (nSPS) is 14.2. The third-order valence-electron chi connectivity index (χ3n) is 1.41. The van der Waals surface area contributed by atoms with Gasteiger partial charge in [0.2, 0.25) is 0 Å². The molecule has 0 bridgehead atoms. The molecule has 0 aromatic carbocycles. The van der Waals surface area contributed by atoms with Crippen LogP contribution >= 0.6 is 15.9 Å². The van der Waals surface area contributed by atoms with E-state index in [2.05, 4.69) is 20.9 Å². The van der Waals surface area contributed by atoms with Crippen LogP contribution in [-0.2, 0) is 0 Å². The summed E-state index contributed by atoms with van der Waals surface area (Å²) < 4.78 is 36.2. The smallest absolute Gasteiger partial charge is 0.379 e. The number of hydrogen-bond donors (Lipinski definition) is 1. The van der Waals surface area contributed by atoms with Gasteiger partial charge in [0.25, 0.3) is 0 Å². The van der Waals surface area contributed by atoms with Crippen LogP contribution in [-0.4, -0.2) is 16.3 Å². The van der Waals surface area contributed by atoms with Gasteiger partial charge in [-0.15, -0.1) is 0 Å². The second kappa shape index (κ2) is 3.63. The fraction of sp³-hybridized carbons (Fsp3) is 0.286. The van der Waals surface area contributed by atoms with Crippen LogP contribution in [0, 0.1) is 0 Å². The molecule has 0 radical (unpaired) electrons. The van der Waals surface area contributed by atoms with Crippen LogP contribution in [0.15, 0.2) is 22.9 Å². The van der Waals surface area contributed by atoms with Gasteiger partial charge in [0, 0.05) is 22.4 Å². The molecular weight excluding hydrogens is 251 g/mol. The molecule has 1 aromatic heterocycles. The minimum absolute atomic E-state index is 0.139. The van der Waals surface area contributed by atoms with Gasteiger partial charge >= 0.3 is 6.18 Å². The maximum atomic E-state index is 12.0. The standard InChI is InChI=1S/C7H5BrF3NO/c8-5-3-12-2-1-4(5)6(13)7(9,10)11/h1-3,6,13H/t6-/m0/s1. The van der Waals surface area contributed by atoms with Crippen molar-refractivity contribution in [3.05, 3.63) is 28.5 Å². The number of nitrogens with zero attached hydrogens (tertiary/aromatic N) is 1. The highest BCUT2D eigenvalue weighted by molar-refractivity contribution is 9.10. The van der Waals surface area contributed by atoms with E-state index in [9.17, 15) is 13.2 Å². The number of halogens is 4. The molecule has 0 amide bonds. The van der Waals surface area contributed by atoms with E-state index in [4.69, 9.17) is 5.11 Å². The molecule has 0 fully saturated rings. The Bertz CT molecular complexity index is 302. The first-order valence-electron chi connectivity index (χ1n) is 3.27. The third-order valence-corrected chi connectivity index (χ3v) is 2.07. The van der Waals surface area contributed by atoms with Crippen molar-refractivity contribution in [3.8, 4) is 0 Å². The number of hydrogen-bond acceptors (Lipinski definition) is 2. The second-order valence-electron chi connectivity index (χ2n) is 2.34. The van der Waals surface area contributed by atoms with Gasteiger partial charge in [-0.25, -0.2) is 0 Å². The summed E-state index contributed by atoms with van der Waals surface area (Å²) in [5, 5.41) is 8.86. The van der Waals surface area contributed by atoms with Gasteiger partial charge in [-0.1, -0.05) is 0 Å². The molecule has 13 heavy (non-hydrogen) atoms. The minimum atomic E-state index is -4.65. The Balaban J connectivity index is 3.02. The highest BCUT2D eigenvalue weighted by atomic mass is 79.9. The summed E-state index contributed by atoms with van der Waals surface area (Å²) >= 11 is 2.87. The van der Waals surface area contributed by atoms with E-state index >= 15 is 0 Å². The zero-order valence-electron chi connectivity index (χ0n) is 6.22. The lowest BCUT2D eigenvalue weighted by atomic mass is 10.1. The summed E-state index contributed by atoms with van der Waals surface area (Å²) in [5.74, 6) is 0. The minimum Gasteiger partial charge on any atom is -0.379 e. The molecule has 1 aromatic rings. The van der Waals surface area contributed by atoms with Crippen LogP contribution in [0.4, 0.5) is 13.2 Å². The number of aliphatic hydroxyl groups is 1. The maximum absolute atomic E-state index is 12.0. The predicted octanol–water partition coefficient (Wildman–Crippen LogP) is 2.44. The number of rotatable bonds is 1. The van der Waals surface area contributed by atoms with Gasteiger partial charge in [-0.2, -0.15) is 13.2 Å². The van der Waals surface area contributed by atoms with E-state index in [1.165, 1.54) is 12.4 Å². The van der Waals surface area contributed by atoms with Gasteiger partial charge in [0.1, 0.15) is 0 Å². The molecule has 0 saturated heterocycles. The first-order chi connectivity index (χ1) is 5.93. The van der Waals surface area contributed by atoms with Crippen molar-refractivity contribution in [3.63, 3.8) is 0 Å². The highest BCUT2D eigenvalue weighted by Crippen LogP contribution is 2.35. The predicted molar refractivity (Wildman–Crippen MR) is 43.0 cm³/mol. The Morgan fingerprint density at radius 2 is 2.08 bits per heavy atom. The Morgan fingerprint density at radius 3 is 2.54 bits per heavy atom. The van der Waals surface area contributed by atoms with Crippen molar-refractivity contribution in [2.75, 3.05) is 0 Å². The molecule has 72 valence electrons. The summed E-state index contributed by atoms with van der Waals surface area (Å²) in [6.45, 7) is 0. The lowest BCUT2D eigenvalue weighted by Crippen LogP contribution is -2.20. The highest BCUT2D eigenvalue weighted by Gasteiger charge is 2.40. The largest absolute Gasteiger partial charge is 0.418 e. The van der Waals surface area contributed by atoms with E-state index in [0.717, 1.165) is 6.07 Å². The maximum Gasteiger partial charge on any atom is 0.418 e. The van der Waals surface area contributed by atoms with Crippen LogP contribution in [0.1, 0.15) is 11.7 Å². The zero-order valence-corrected chi connectivity index (χ0v) is 7.80. The molecule has 0 aliphatic rings. The van der Waals surface area contributed by atoms with Crippen molar-refractivity contribution in [2.45, 2.75) is 12.3 Å². The molecule has 0 spiro atoms. The molecule has 1 atom stereocenters. The molecule has 6 heteroatoms. The van der Waals surface area contributed by atoms with E-state index in [0.29, 0.717) is 0 Å². The number of pyridine rings is 1. The molecular formula is C7H5BrF3NO. The van der Waals surface area contributed by atoms with Crippen molar-refractivity contribution in [1.29, 1.82) is 0 Å². The fourth-order valence-electron chi connectivity index (χ4n) is 0.784. The van der Waals surface area contributed by atoms with Crippen molar-refractivity contribution in [2.24, 2.45) is 0 Å². The van der Waals surface area contributed by atoms with Crippen molar-refractivity contribution in [1.82, 2.24) is 4.98 Å². The Hall–Kier alpha value is -0.620. The Kier molecular flexibility index (Phi) is 2.92. The fourth-order valence-corrected chi connectivity index (χ4v) is 1.25. The molecule has 1 heterocycles. The summed E-state index contributed by atoms with van der Waals surface area (Å²) in [5.41, 5.74) is -0.234. The van der Waals surface area contributed by atoms with Gasteiger partial charge in [-0.3, -0.25) is 4.98 Å². The molecule has 0 aliphatic heterocycles. The summed E-state index contributed by atoms with van der Waals surface area (Å²) in [6.07, 6.45) is -4.73. The average Bonchev–Trinajstić information content (AvgIpc) is 2.02.